The monoisotopic (exact) mass is 289 g/mol. The van der Waals surface area contributed by atoms with Crippen molar-refractivity contribution in [1.82, 2.24) is 4.31 Å². The summed E-state index contributed by atoms with van der Waals surface area (Å²) < 4.78 is 31.2. The third-order valence-corrected chi connectivity index (χ3v) is 5.33. The molecule has 6 heteroatoms. The summed E-state index contributed by atoms with van der Waals surface area (Å²) in [5.41, 5.74) is 0.685. The number of rotatable bonds is 5. The van der Waals surface area contributed by atoms with Crippen LogP contribution in [-0.4, -0.2) is 32.9 Å². The van der Waals surface area contributed by atoms with E-state index in [2.05, 4.69) is 0 Å². The Morgan fingerprint density at radius 3 is 2.61 bits per heavy atom. The Kier molecular flexibility index (Phi) is 3.84. The van der Waals surface area contributed by atoms with E-state index >= 15 is 0 Å². The van der Waals surface area contributed by atoms with Crippen LogP contribution in [0.25, 0.3) is 0 Å². The molecule has 0 heterocycles. The van der Waals surface area contributed by atoms with E-state index in [9.17, 15) is 8.42 Å². The fraction of sp³-hybridized carbons (Fsp3) is 0.500. The number of nitrogens with zero attached hydrogens (tertiary/aromatic N) is 1. The summed E-state index contributed by atoms with van der Waals surface area (Å²) in [4.78, 5) is 0.272. The molecule has 4 nitrogen and oxygen atoms in total. The predicted molar refractivity (Wildman–Crippen MR) is 70.5 cm³/mol. The van der Waals surface area contributed by atoms with E-state index < -0.39 is 10.0 Å². The van der Waals surface area contributed by atoms with Gasteiger partial charge in [-0.2, -0.15) is 4.31 Å². The maximum absolute atomic E-state index is 12.3. The van der Waals surface area contributed by atoms with Gasteiger partial charge in [-0.1, -0.05) is 0 Å². The Morgan fingerprint density at radius 2 is 2.11 bits per heavy atom. The number of hydrogen-bond acceptors (Lipinski definition) is 3. The van der Waals surface area contributed by atoms with Crippen LogP contribution in [0.1, 0.15) is 18.4 Å². The van der Waals surface area contributed by atoms with Gasteiger partial charge in [-0.25, -0.2) is 8.42 Å². The Bertz CT molecular complexity index is 540. The summed E-state index contributed by atoms with van der Waals surface area (Å²) in [6, 6.07) is 4.94. The molecule has 0 N–H and O–H groups in total. The first kappa shape index (κ1) is 13.6. The Balaban J connectivity index is 2.38. The number of halogens is 1. The van der Waals surface area contributed by atoms with Gasteiger partial charge in [-0.3, -0.25) is 0 Å². The molecule has 1 aromatic carbocycles. The van der Waals surface area contributed by atoms with E-state index in [-0.39, 0.29) is 16.8 Å². The van der Waals surface area contributed by atoms with Crippen LogP contribution in [0, 0.1) is 0 Å². The fourth-order valence-corrected chi connectivity index (χ4v) is 3.50. The van der Waals surface area contributed by atoms with Gasteiger partial charge < -0.3 is 4.74 Å². The lowest BCUT2D eigenvalue weighted by Gasteiger charge is -2.17. The summed E-state index contributed by atoms with van der Waals surface area (Å²) in [5, 5.41) is 0. The summed E-state index contributed by atoms with van der Waals surface area (Å²) >= 11 is 5.80. The third kappa shape index (κ3) is 2.48. The van der Waals surface area contributed by atoms with Crippen molar-refractivity contribution in [2.45, 2.75) is 29.7 Å². The van der Waals surface area contributed by atoms with Crippen LogP contribution >= 0.6 is 11.6 Å². The van der Waals surface area contributed by atoms with Gasteiger partial charge in [0.1, 0.15) is 5.75 Å². The highest BCUT2D eigenvalue weighted by Gasteiger charge is 2.35. The van der Waals surface area contributed by atoms with Gasteiger partial charge in [-0.15, -0.1) is 11.6 Å². The third-order valence-electron chi connectivity index (χ3n) is 3.13. The molecule has 0 aromatic heterocycles. The molecule has 2 rings (SSSR count). The maximum atomic E-state index is 12.3. The van der Waals surface area contributed by atoms with Gasteiger partial charge in [0.25, 0.3) is 0 Å². The first-order chi connectivity index (χ1) is 8.50. The zero-order valence-corrected chi connectivity index (χ0v) is 12.0. The average Bonchev–Trinajstić information content (AvgIpc) is 3.21. The normalized spacial score (nSPS) is 16.0. The van der Waals surface area contributed by atoms with E-state index in [0.29, 0.717) is 11.3 Å². The van der Waals surface area contributed by atoms with Crippen molar-refractivity contribution >= 4 is 21.6 Å². The smallest absolute Gasteiger partial charge is 0.243 e. The van der Waals surface area contributed by atoms with E-state index in [0.717, 1.165) is 12.8 Å². The van der Waals surface area contributed by atoms with Crippen molar-refractivity contribution in [2.24, 2.45) is 0 Å². The van der Waals surface area contributed by atoms with Crippen LogP contribution in [-0.2, 0) is 15.9 Å². The number of ether oxygens (including phenoxy) is 1. The highest BCUT2D eigenvalue weighted by atomic mass is 35.5. The van der Waals surface area contributed by atoms with Crippen LogP contribution in [0.15, 0.2) is 23.1 Å². The topological polar surface area (TPSA) is 46.6 Å². The van der Waals surface area contributed by atoms with Crippen molar-refractivity contribution < 1.29 is 13.2 Å². The molecule has 1 aliphatic carbocycles. The molecule has 1 saturated carbocycles. The molecule has 0 bridgehead atoms. The van der Waals surface area contributed by atoms with Gasteiger partial charge in [-0.05, 0) is 31.0 Å². The molecule has 0 unspecified atom stereocenters. The number of benzene rings is 1. The van der Waals surface area contributed by atoms with Crippen molar-refractivity contribution in [3.05, 3.63) is 23.8 Å². The van der Waals surface area contributed by atoms with Crippen LogP contribution in [0.4, 0.5) is 0 Å². The van der Waals surface area contributed by atoms with E-state index in [1.165, 1.54) is 11.4 Å². The van der Waals surface area contributed by atoms with Crippen molar-refractivity contribution in [3.8, 4) is 5.75 Å². The quantitative estimate of drug-likeness (QED) is 0.781. The SMILES string of the molecule is COc1ccc(S(=O)(=O)N(C)C2CC2)cc1CCl. The molecular formula is C12H16ClNO3S. The van der Waals surface area contributed by atoms with E-state index in [4.69, 9.17) is 16.3 Å². The second kappa shape index (κ2) is 5.07. The molecule has 1 aliphatic rings. The maximum Gasteiger partial charge on any atom is 0.243 e. The standard InChI is InChI=1S/C12H16ClNO3S/c1-14(10-3-4-10)18(15,16)11-5-6-12(17-2)9(7-11)8-13/h5-7,10H,3-4,8H2,1-2H3. The lowest BCUT2D eigenvalue weighted by Crippen LogP contribution is -2.29. The Hall–Kier alpha value is -0.780. The molecular weight excluding hydrogens is 274 g/mol. The lowest BCUT2D eigenvalue weighted by molar-refractivity contribution is 0.410. The predicted octanol–water partition coefficient (Wildman–Crippen LogP) is 2.22. The van der Waals surface area contributed by atoms with Crippen LogP contribution < -0.4 is 4.74 Å². The van der Waals surface area contributed by atoms with Crippen molar-refractivity contribution in [3.63, 3.8) is 0 Å². The second-order valence-electron chi connectivity index (χ2n) is 4.36. The lowest BCUT2D eigenvalue weighted by atomic mass is 10.2. The van der Waals surface area contributed by atoms with Crippen LogP contribution in [0.2, 0.25) is 0 Å². The fourth-order valence-electron chi connectivity index (χ4n) is 1.82. The van der Waals surface area contributed by atoms with Gasteiger partial charge in [0.15, 0.2) is 0 Å². The highest BCUT2D eigenvalue weighted by molar-refractivity contribution is 7.89. The Labute approximate surface area is 113 Å². The van der Waals surface area contributed by atoms with Crippen LogP contribution in [0.3, 0.4) is 0 Å². The van der Waals surface area contributed by atoms with Gasteiger partial charge in [0, 0.05) is 18.7 Å². The molecule has 100 valence electrons. The van der Waals surface area contributed by atoms with E-state index in [1.807, 2.05) is 0 Å². The second-order valence-corrected chi connectivity index (χ2v) is 6.62. The molecule has 1 fully saturated rings. The zero-order chi connectivity index (χ0) is 13.3. The number of sulfonamides is 1. The zero-order valence-electron chi connectivity index (χ0n) is 10.4. The summed E-state index contributed by atoms with van der Waals surface area (Å²) in [7, 11) is -0.254. The Morgan fingerprint density at radius 1 is 1.44 bits per heavy atom. The van der Waals surface area contributed by atoms with Crippen molar-refractivity contribution in [1.29, 1.82) is 0 Å². The summed E-state index contributed by atoms with van der Waals surface area (Å²) in [5.74, 6) is 0.831. The van der Waals surface area contributed by atoms with Gasteiger partial charge >= 0.3 is 0 Å². The summed E-state index contributed by atoms with van der Waals surface area (Å²) in [6.45, 7) is 0. The molecule has 1 aromatic rings. The largest absolute Gasteiger partial charge is 0.496 e. The molecule has 0 radical (unpaired) electrons. The molecule has 18 heavy (non-hydrogen) atoms. The highest BCUT2D eigenvalue weighted by Crippen LogP contribution is 2.32. The average molecular weight is 290 g/mol. The molecule has 0 atom stereocenters. The molecule has 0 saturated heterocycles. The number of methoxy groups -OCH3 is 1. The van der Waals surface area contributed by atoms with Gasteiger partial charge in [0.2, 0.25) is 10.0 Å². The first-order valence-corrected chi connectivity index (χ1v) is 7.69. The number of hydrogen-bond donors (Lipinski definition) is 0. The molecule has 0 spiro atoms. The molecule has 0 amide bonds. The molecule has 0 aliphatic heterocycles. The first-order valence-electron chi connectivity index (χ1n) is 5.71. The van der Waals surface area contributed by atoms with Gasteiger partial charge in [0.05, 0.1) is 17.9 Å². The minimum Gasteiger partial charge on any atom is -0.496 e. The number of alkyl halides is 1. The van der Waals surface area contributed by atoms with E-state index in [1.54, 1.807) is 25.2 Å². The summed E-state index contributed by atoms with van der Waals surface area (Å²) in [6.07, 6.45) is 1.88. The van der Waals surface area contributed by atoms with Crippen LogP contribution in [0.5, 0.6) is 5.75 Å². The minimum absolute atomic E-state index is 0.150. The minimum atomic E-state index is -3.41. The van der Waals surface area contributed by atoms with Crippen molar-refractivity contribution in [2.75, 3.05) is 14.2 Å².